The Morgan fingerprint density at radius 1 is 1.15 bits per heavy atom. The highest BCUT2D eigenvalue weighted by atomic mass is 19.4. The number of aromatic nitrogens is 2. The Labute approximate surface area is 151 Å². The molecule has 0 saturated heterocycles. The number of carbonyl (C=O) groups excluding carboxylic acids is 1. The molecule has 0 radical (unpaired) electrons. The van der Waals surface area contributed by atoms with Crippen LogP contribution >= 0.6 is 0 Å². The second-order valence-electron chi connectivity index (χ2n) is 5.54. The zero-order chi connectivity index (χ0) is 19.4. The van der Waals surface area contributed by atoms with Crippen molar-refractivity contribution in [2.75, 3.05) is 5.32 Å². The molecule has 0 aliphatic rings. The first kappa shape index (κ1) is 18.3. The smallest absolute Gasteiger partial charge is 0.416 e. The maximum Gasteiger partial charge on any atom is 0.416 e. The van der Waals surface area contributed by atoms with E-state index in [-0.39, 0.29) is 23.9 Å². The minimum Gasteiger partial charge on any atom is -0.508 e. The van der Waals surface area contributed by atoms with Crippen LogP contribution in [0.5, 0.6) is 11.5 Å². The molecule has 0 spiro atoms. The maximum absolute atomic E-state index is 12.7. The van der Waals surface area contributed by atoms with Crippen LogP contribution in [0.3, 0.4) is 0 Å². The van der Waals surface area contributed by atoms with Crippen LogP contribution < -0.4 is 10.1 Å². The Hall–Kier alpha value is -3.49. The molecular weight excluding hydrogens is 363 g/mol. The predicted octanol–water partition coefficient (Wildman–Crippen LogP) is 3.90. The van der Waals surface area contributed by atoms with Crippen LogP contribution in [-0.4, -0.2) is 20.8 Å². The number of nitrogens with zero attached hydrogens (tertiary/aromatic N) is 2. The predicted molar refractivity (Wildman–Crippen MR) is 90.4 cm³/mol. The minimum absolute atomic E-state index is 0.0374. The number of hydrogen-bond acceptors (Lipinski definition) is 4. The van der Waals surface area contributed by atoms with E-state index in [1.54, 1.807) is 0 Å². The maximum atomic E-state index is 12.7. The van der Waals surface area contributed by atoms with Crippen LogP contribution in [0.1, 0.15) is 16.1 Å². The molecular formula is C18H14F3N3O3. The molecule has 0 fully saturated rings. The SMILES string of the molecule is O=C(Nc1ccc(O)cc1)c1ccn(COc2cccc(C(F)(F)F)c2)n1. The highest BCUT2D eigenvalue weighted by Crippen LogP contribution is 2.31. The third kappa shape index (κ3) is 4.78. The molecule has 9 heteroatoms. The number of carbonyl (C=O) groups is 1. The summed E-state index contributed by atoms with van der Waals surface area (Å²) in [6, 6.07) is 11.9. The standard InChI is InChI=1S/C18H14F3N3O3/c19-18(20,21)12-2-1-3-15(10-12)27-11-24-9-8-16(23-24)17(26)22-13-4-6-14(25)7-5-13/h1-10,25H,11H2,(H,22,26). The second-order valence-corrected chi connectivity index (χ2v) is 5.54. The molecule has 0 saturated carbocycles. The van der Waals surface area contributed by atoms with Crippen LogP contribution in [0.25, 0.3) is 0 Å². The molecule has 0 aliphatic carbocycles. The number of ether oxygens (including phenoxy) is 1. The van der Waals surface area contributed by atoms with Gasteiger partial charge in [-0.15, -0.1) is 0 Å². The summed E-state index contributed by atoms with van der Waals surface area (Å²) in [5.74, 6) is -0.363. The van der Waals surface area contributed by atoms with Crippen molar-refractivity contribution in [1.82, 2.24) is 9.78 Å². The van der Waals surface area contributed by atoms with Gasteiger partial charge >= 0.3 is 6.18 Å². The van der Waals surface area contributed by atoms with E-state index >= 15 is 0 Å². The Bertz CT molecular complexity index is 937. The number of phenolic OH excluding ortho intramolecular Hbond substituents is 1. The lowest BCUT2D eigenvalue weighted by Crippen LogP contribution is -2.14. The molecule has 3 aromatic rings. The van der Waals surface area contributed by atoms with Gasteiger partial charge in [0, 0.05) is 11.9 Å². The summed E-state index contributed by atoms with van der Waals surface area (Å²) in [7, 11) is 0. The van der Waals surface area contributed by atoms with Gasteiger partial charge in [-0.05, 0) is 48.5 Å². The van der Waals surface area contributed by atoms with Gasteiger partial charge in [0.15, 0.2) is 12.4 Å². The first-order valence-corrected chi connectivity index (χ1v) is 7.75. The van der Waals surface area contributed by atoms with Crippen molar-refractivity contribution in [3.8, 4) is 11.5 Å². The van der Waals surface area contributed by atoms with Gasteiger partial charge < -0.3 is 15.2 Å². The Morgan fingerprint density at radius 2 is 1.89 bits per heavy atom. The summed E-state index contributed by atoms with van der Waals surface area (Å²) in [6.45, 7) is -0.159. The van der Waals surface area contributed by atoms with Gasteiger partial charge in [0.05, 0.1) is 5.56 Å². The summed E-state index contributed by atoms with van der Waals surface area (Å²) in [6.07, 6.45) is -2.98. The van der Waals surface area contributed by atoms with E-state index in [4.69, 9.17) is 4.74 Å². The van der Waals surface area contributed by atoms with Crippen LogP contribution in [0.4, 0.5) is 18.9 Å². The summed E-state index contributed by atoms with van der Waals surface area (Å²) in [5.41, 5.74) is -0.224. The molecule has 1 aromatic heterocycles. The first-order chi connectivity index (χ1) is 12.8. The molecule has 2 N–H and O–H groups in total. The number of phenols is 1. The van der Waals surface area contributed by atoms with Crippen LogP contribution in [0, 0.1) is 0 Å². The third-order valence-electron chi connectivity index (χ3n) is 3.52. The molecule has 27 heavy (non-hydrogen) atoms. The number of amides is 1. The Kier molecular flexibility index (Phi) is 5.02. The quantitative estimate of drug-likeness (QED) is 0.662. The van der Waals surface area contributed by atoms with E-state index in [1.807, 2.05) is 0 Å². The minimum atomic E-state index is -4.45. The van der Waals surface area contributed by atoms with Crippen molar-refractivity contribution in [1.29, 1.82) is 0 Å². The topological polar surface area (TPSA) is 76.4 Å². The van der Waals surface area contributed by atoms with Crippen molar-refractivity contribution in [3.05, 3.63) is 72.1 Å². The molecule has 0 aliphatic heterocycles. The van der Waals surface area contributed by atoms with Gasteiger partial charge in [0.1, 0.15) is 11.5 Å². The van der Waals surface area contributed by atoms with E-state index in [0.717, 1.165) is 12.1 Å². The van der Waals surface area contributed by atoms with Crippen LogP contribution in [0.15, 0.2) is 60.8 Å². The summed E-state index contributed by atoms with van der Waals surface area (Å²) >= 11 is 0. The monoisotopic (exact) mass is 377 g/mol. The number of nitrogens with one attached hydrogen (secondary N) is 1. The van der Waals surface area contributed by atoms with Crippen molar-refractivity contribution in [2.24, 2.45) is 0 Å². The molecule has 0 unspecified atom stereocenters. The third-order valence-corrected chi connectivity index (χ3v) is 3.52. The number of rotatable bonds is 5. The highest BCUT2D eigenvalue weighted by molar-refractivity contribution is 6.02. The molecule has 1 amide bonds. The average molecular weight is 377 g/mol. The molecule has 1 heterocycles. The number of benzene rings is 2. The number of hydrogen-bond donors (Lipinski definition) is 2. The number of anilines is 1. The molecule has 0 bridgehead atoms. The summed E-state index contributed by atoms with van der Waals surface area (Å²) in [4.78, 5) is 12.1. The Balaban J connectivity index is 1.61. The molecule has 0 atom stereocenters. The zero-order valence-corrected chi connectivity index (χ0v) is 13.8. The van der Waals surface area contributed by atoms with Gasteiger partial charge in [0.25, 0.3) is 5.91 Å². The van der Waals surface area contributed by atoms with E-state index in [2.05, 4.69) is 10.4 Å². The number of aromatic hydroxyl groups is 1. The highest BCUT2D eigenvalue weighted by Gasteiger charge is 2.30. The Morgan fingerprint density at radius 3 is 2.59 bits per heavy atom. The van der Waals surface area contributed by atoms with Gasteiger partial charge in [0.2, 0.25) is 0 Å². The fraction of sp³-hybridized carbons (Fsp3) is 0.111. The van der Waals surface area contributed by atoms with Gasteiger partial charge in [-0.1, -0.05) is 6.07 Å². The van der Waals surface area contributed by atoms with E-state index in [0.29, 0.717) is 5.69 Å². The van der Waals surface area contributed by atoms with E-state index in [9.17, 15) is 23.1 Å². The fourth-order valence-electron chi connectivity index (χ4n) is 2.20. The number of halogens is 3. The molecule has 2 aromatic carbocycles. The van der Waals surface area contributed by atoms with E-state index < -0.39 is 17.6 Å². The van der Waals surface area contributed by atoms with Gasteiger partial charge in [-0.2, -0.15) is 18.3 Å². The zero-order valence-electron chi connectivity index (χ0n) is 13.8. The lowest BCUT2D eigenvalue weighted by atomic mass is 10.2. The van der Waals surface area contributed by atoms with Crippen molar-refractivity contribution < 1.29 is 27.8 Å². The average Bonchev–Trinajstić information content (AvgIpc) is 3.11. The first-order valence-electron chi connectivity index (χ1n) is 7.75. The van der Waals surface area contributed by atoms with E-state index in [1.165, 1.54) is 53.3 Å². The largest absolute Gasteiger partial charge is 0.508 e. The fourth-order valence-corrected chi connectivity index (χ4v) is 2.20. The molecule has 6 nitrogen and oxygen atoms in total. The molecule has 3 rings (SSSR count). The van der Waals surface area contributed by atoms with Gasteiger partial charge in [-0.25, -0.2) is 4.68 Å². The second kappa shape index (κ2) is 7.40. The lowest BCUT2D eigenvalue weighted by molar-refractivity contribution is -0.137. The van der Waals surface area contributed by atoms with Crippen molar-refractivity contribution in [2.45, 2.75) is 12.9 Å². The number of alkyl halides is 3. The van der Waals surface area contributed by atoms with Crippen LogP contribution in [-0.2, 0) is 12.9 Å². The molecule has 140 valence electrons. The summed E-state index contributed by atoms with van der Waals surface area (Å²) in [5, 5.41) is 15.8. The van der Waals surface area contributed by atoms with Crippen molar-refractivity contribution >= 4 is 11.6 Å². The van der Waals surface area contributed by atoms with Crippen LogP contribution in [0.2, 0.25) is 0 Å². The lowest BCUT2D eigenvalue weighted by Gasteiger charge is -2.10. The van der Waals surface area contributed by atoms with Gasteiger partial charge in [-0.3, -0.25) is 4.79 Å². The van der Waals surface area contributed by atoms with Crippen molar-refractivity contribution in [3.63, 3.8) is 0 Å². The summed E-state index contributed by atoms with van der Waals surface area (Å²) < 4.78 is 44.7. The normalized spacial score (nSPS) is 11.2.